The van der Waals surface area contributed by atoms with Crippen LogP contribution in [0.2, 0.25) is 5.02 Å². The Bertz CT molecular complexity index is 419. The minimum atomic E-state index is 0.737. The molecule has 1 heterocycles. The van der Waals surface area contributed by atoms with E-state index >= 15 is 0 Å². The molecule has 0 saturated carbocycles. The zero-order chi connectivity index (χ0) is 9.97. The van der Waals surface area contributed by atoms with Gasteiger partial charge in [-0.2, -0.15) is 0 Å². The van der Waals surface area contributed by atoms with Crippen LogP contribution in [-0.2, 0) is 5.33 Å². The minimum Gasteiger partial charge on any atom is -0.460 e. The van der Waals surface area contributed by atoms with Crippen LogP contribution in [-0.4, -0.2) is 0 Å². The fourth-order valence-corrected chi connectivity index (χ4v) is 1.65. The van der Waals surface area contributed by atoms with Gasteiger partial charge in [0.15, 0.2) is 0 Å². The zero-order valence-corrected chi connectivity index (χ0v) is 9.68. The Labute approximate surface area is 95.8 Å². The van der Waals surface area contributed by atoms with Crippen LogP contribution in [0.5, 0.6) is 0 Å². The Morgan fingerprint density at radius 2 is 1.79 bits per heavy atom. The summed E-state index contributed by atoms with van der Waals surface area (Å²) in [5, 5.41) is 1.47. The molecule has 0 fully saturated rings. The summed E-state index contributed by atoms with van der Waals surface area (Å²) < 4.78 is 5.57. The van der Waals surface area contributed by atoms with Crippen LogP contribution in [0.15, 0.2) is 40.8 Å². The highest BCUT2D eigenvalue weighted by Gasteiger charge is 2.03. The third-order valence-electron chi connectivity index (χ3n) is 1.92. The van der Waals surface area contributed by atoms with E-state index in [4.69, 9.17) is 16.0 Å². The van der Waals surface area contributed by atoms with Crippen molar-refractivity contribution in [3.63, 3.8) is 0 Å². The molecular weight excluding hydrogens is 263 g/mol. The van der Waals surface area contributed by atoms with E-state index in [1.54, 1.807) is 0 Å². The summed E-state index contributed by atoms with van der Waals surface area (Å²) in [5.74, 6) is 1.80. The maximum absolute atomic E-state index is 5.79. The van der Waals surface area contributed by atoms with E-state index in [0.717, 1.165) is 27.4 Å². The summed E-state index contributed by atoms with van der Waals surface area (Å²) in [6, 6.07) is 11.5. The van der Waals surface area contributed by atoms with Gasteiger partial charge in [-0.3, -0.25) is 0 Å². The molecule has 0 atom stereocenters. The third-order valence-corrected chi connectivity index (χ3v) is 2.73. The van der Waals surface area contributed by atoms with E-state index in [1.807, 2.05) is 36.4 Å². The molecular formula is C11H8BrClO. The van der Waals surface area contributed by atoms with E-state index in [1.165, 1.54) is 0 Å². The highest BCUT2D eigenvalue weighted by molar-refractivity contribution is 9.08. The molecule has 2 aromatic rings. The number of hydrogen-bond acceptors (Lipinski definition) is 1. The number of halogens is 2. The highest BCUT2D eigenvalue weighted by Crippen LogP contribution is 2.24. The molecule has 1 aromatic heterocycles. The Kier molecular flexibility index (Phi) is 2.94. The topological polar surface area (TPSA) is 13.1 Å². The second kappa shape index (κ2) is 4.20. The first-order chi connectivity index (χ1) is 6.79. The lowest BCUT2D eigenvalue weighted by Crippen LogP contribution is -1.72. The van der Waals surface area contributed by atoms with E-state index in [9.17, 15) is 0 Å². The molecule has 0 aliphatic heterocycles. The molecule has 0 aliphatic rings. The predicted molar refractivity (Wildman–Crippen MR) is 61.8 cm³/mol. The summed E-state index contributed by atoms with van der Waals surface area (Å²) in [7, 11) is 0. The monoisotopic (exact) mass is 270 g/mol. The molecule has 1 aromatic carbocycles. The molecule has 0 saturated heterocycles. The molecule has 0 aliphatic carbocycles. The van der Waals surface area contributed by atoms with Crippen LogP contribution >= 0.6 is 27.5 Å². The fourth-order valence-electron chi connectivity index (χ4n) is 1.22. The molecule has 72 valence electrons. The summed E-state index contributed by atoms with van der Waals surface area (Å²) in [6.45, 7) is 0. The van der Waals surface area contributed by atoms with E-state index < -0.39 is 0 Å². The zero-order valence-electron chi connectivity index (χ0n) is 7.34. The summed E-state index contributed by atoms with van der Waals surface area (Å²) in [4.78, 5) is 0. The van der Waals surface area contributed by atoms with Gasteiger partial charge in [-0.25, -0.2) is 0 Å². The van der Waals surface area contributed by atoms with Gasteiger partial charge in [-0.15, -0.1) is 0 Å². The Balaban J connectivity index is 2.34. The first kappa shape index (κ1) is 9.81. The number of hydrogen-bond donors (Lipinski definition) is 0. The molecule has 0 radical (unpaired) electrons. The molecule has 14 heavy (non-hydrogen) atoms. The van der Waals surface area contributed by atoms with E-state index in [0.29, 0.717) is 0 Å². The van der Waals surface area contributed by atoms with Crippen molar-refractivity contribution < 1.29 is 4.42 Å². The summed E-state index contributed by atoms with van der Waals surface area (Å²) >= 11 is 9.13. The standard InChI is InChI=1S/C11H8BrClO/c12-7-10-5-6-11(14-10)8-1-3-9(13)4-2-8/h1-6H,7H2. The third kappa shape index (κ3) is 2.02. The van der Waals surface area contributed by atoms with Crippen molar-refractivity contribution >= 4 is 27.5 Å². The molecule has 0 N–H and O–H groups in total. The van der Waals surface area contributed by atoms with Crippen molar-refractivity contribution in [2.75, 3.05) is 0 Å². The maximum atomic E-state index is 5.79. The number of alkyl halides is 1. The van der Waals surface area contributed by atoms with Gasteiger partial charge in [0.25, 0.3) is 0 Å². The van der Waals surface area contributed by atoms with Crippen molar-refractivity contribution in [1.29, 1.82) is 0 Å². The Hall–Kier alpha value is -0.730. The van der Waals surface area contributed by atoms with Crippen LogP contribution in [0.3, 0.4) is 0 Å². The molecule has 0 bridgehead atoms. The molecule has 1 nitrogen and oxygen atoms in total. The van der Waals surface area contributed by atoms with Gasteiger partial charge < -0.3 is 4.42 Å². The van der Waals surface area contributed by atoms with Gasteiger partial charge >= 0.3 is 0 Å². The van der Waals surface area contributed by atoms with Crippen LogP contribution in [0, 0.1) is 0 Å². The number of benzene rings is 1. The predicted octanol–water partition coefficient (Wildman–Crippen LogP) is 4.49. The van der Waals surface area contributed by atoms with Crippen molar-refractivity contribution in [3.8, 4) is 11.3 Å². The summed E-state index contributed by atoms with van der Waals surface area (Å²) in [6.07, 6.45) is 0. The molecule has 3 heteroatoms. The first-order valence-electron chi connectivity index (χ1n) is 4.20. The van der Waals surface area contributed by atoms with Gasteiger partial charge in [0.2, 0.25) is 0 Å². The van der Waals surface area contributed by atoms with Crippen molar-refractivity contribution in [1.82, 2.24) is 0 Å². The molecule has 2 rings (SSSR count). The SMILES string of the molecule is Clc1ccc(-c2ccc(CBr)o2)cc1. The Morgan fingerprint density at radius 1 is 1.07 bits per heavy atom. The second-order valence-electron chi connectivity index (χ2n) is 2.91. The van der Waals surface area contributed by atoms with Crippen LogP contribution in [0.25, 0.3) is 11.3 Å². The lowest BCUT2D eigenvalue weighted by Gasteiger charge is -1.96. The summed E-state index contributed by atoms with van der Waals surface area (Å²) in [5.41, 5.74) is 1.04. The Morgan fingerprint density at radius 3 is 2.36 bits per heavy atom. The van der Waals surface area contributed by atoms with Gasteiger partial charge in [-0.1, -0.05) is 27.5 Å². The average molecular weight is 272 g/mol. The van der Waals surface area contributed by atoms with Crippen molar-refractivity contribution in [2.45, 2.75) is 5.33 Å². The van der Waals surface area contributed by atoms with Crippen molar-refractivity contribution in [3.05, 3.63) is 47.2 Å². The van der Waals surface area contributed by atoms with E-state index in [2.05, 4.69) is 15.9 Å². The highest BCUT2D eigenvalue weighted by atomic mass is 79.9. The van der Waals surface area contributed by atoms with Gasteiger partial charge in [0, 0.05) is 10.6 Å². The molecule has 0 amide bonds. The quantitative estimate of drug-likeness (QED) is 0.733. The lowest BCUT2D eigenvalue weighted by atomic mass is 10.2. The van der Waals surface area contributed by atoms with Crippen LogP contribution in [0.4, 0.5) is 0 Å². The van der Waals surface area contributed by atoms with Gasteiger partial charge in [-0.05, 0) is 36.4 Å². The number of rotatable bonds is 2. The van der Waals surface area contributed by atoms with Crippen LogP contribution < -0.4 is 0 Å². The lowest BCUT2D eigenvalue weighted by molar-refractivity contribution is 0.545. The minimum absolute atomic E-state index is 0.737. The normalized spacial score (nSPS) is 10.4. The van der Waals surface area contributed by atoms with Crippen LogP contribution in [0.1, 0.15) is 5.76 Å². The van der Waals surface area contributed by atoms with Gasteiger partial charge in [0.05, 0.1) is 5.33 Å². The first-order valence-corrected chi connectivity index (χ1v) is 5.70. The van der Waals surface area contributed by atoms with Gasteiger partial charge in [0.1, 0.15) is 11.5 Å². The molecule has 0 unspecified atom stereocenters. The average Bonchev–Trinajstić information content (AvgIpc) is 2.67. The fraction of sp³-hybridized carbons (Fsp3) is 0.0909. The molecule has 0 spiro atoms. The largest absolute Gasteiger partial charge is 0.460 e. The van der Waals surface area contributed by atoms with Crippen molar-refractivity contribution in [2.24, 2.45) is 0 Å². The second-order valence-corrected chi connectivity index (χ2v) is 3.90. The number of furan rings is 1. The maximum Gasteiger partial charge on any atom is 0.134 e. The smallest absolute Gasteiger partial charge is 0.134 e. The van der Waals surface area contributed by atoms with E-state index in [-0.39, 0.29) is 0 Å².